The third kappa shape index (κ3) is 2.25. The minimum Gasteiger partial charge on any atom is -0.336 e. The molecule has 100 valence electrons. The quantitative estimate of drug-likeness (QED) is 0.790. The van der Waals surface area contributed by atoms with Gasteiger partial charge < -0.3 is 4.90 Å². The molecule has 3 rings (SSSR count). The van der Waals surface area contributed by atoms with Crippen molar-refractivity contribution in [3.8, 4) is 0 Å². The lowest BCUT2D eigenvalue weighted by atomic mass is 10.1. The first-order valence-corrected chi connectivity index (χ1v) is 6.33. The van der Waals surface area contributed by atoms with Gasteiger partial charge in [-0.05, 0) is 18.2 Å². The predicted molar refractivity (Wildman–Crippen MR) is 76.1 cm³/mol. The van der Waals surface area contributed by atoms with Gasteiger partial charge >= 0.3 is 0 Å². The number of nitrogens with one attached hydrogen (secondary N) is 1. The van der Waals surface area contributed by atoms with Crippen molar-refractivity contribution in [2.45, 2.75) is 6.54 Å². The molecule has 1 aromatic carbocycles. The highest BCUT2D eigenvalue weighted by Gasteiger charge is 2.16. The summed E-state index contributed by atoms with van der Waals surface area (Å²) in [4.78, 5) is 18.4. The molecule has 0 aliphatic heterocycles. The summed E-state index contributed by atoms with van der Waals surface area (Å²) in [7, 11) is 1.77. The van der Waals surface area contributed by atoms with Crippen LogP contribution in [0.3, 0.4) is 0 Å². The monoisotopic (exact) mass is 266 g/mol. The van der Waals surface area contributed by atoms with E-state index in [1.54, 1.807) is 30.4 Å². The highest BCUT2D eigenvalue weighted by atomic mass is 16.2. The standard InChI is InChI=1S/C15H14N4O/c1-19(10-12-6-2-3-8-16-12)15(20)13-7-4-5-11-9-17-18-14(11)13/h2-9H,10H2,1H3,(H,17,18). The van der Waals surface area contributed by atoms with Crippen molar-refractivity contribution in [2.75, 3.05) is 7.05 Å². The number of aromatic amines is 1. The van der Waals surface area contributed by atoms with E-state index < -0.39 is 0 Å². The molecule has 5 nitrogen and oxygen atoms in total. The van der Waals surface area contributed by atoms with Gasteiger partial charge in [0.15, 0.2) is 0 Å². The van der Waals surface area contributed by atoms with Gasteiger partial charge in [0.05, 0.1) is 29.5 Å². The van der Waals surface area contributed by atoms with Crippen molar-refractivity contribution in [3.05, 3.63) is 60.0 Å². The summed E-state index contributed by atoms with van der Waals surface area (Å²) in [6.45, 7) is 0.476. The van der Waals surface area contributed by atoms with E-state index in [0.717, 1.165) is 16.6 Å². The maximum absolute atomic E-state index is 12.5. The van der Waals surface area contributed by atoms with Crippen molar-refractivity contribution < 1.29 is 4.79 Å². The Hall–Kier alpha value is -2.69. The summed E-state index contributed by atoms with van der Waals surface area (Å²) in [5, 5.41) is 7.79. The van der Waals surface area contributed by atoms with Crippen LogP contribution < -0.4 is 0 Å². The van der Waals surface area contributed by atoms with Crippen LogP contribution in [0.2, 0.25) is 0 Å². The fourth-order valence-corrected chi connectivity index (χ4v) is 2.16. The van der Waals surface area contributed by atoms with Crippen LogP contribution in [-0.2, 0) is 6.54 Å². The van der Waals surface area contributed by atoms with Gasteiger partial charge in [-0.3, -0.25) is 14.9 Å². The molecule has 3 aromatic rings. The van der Waals surface area contributed by atoms with E-state index in [1.807, 2.05) is 30.3 Å². The van der Waals surface area contributed by atoms with E-state index in [9.17, 15) is 4.79 Å². The van der Waals surface area contributed by atoms with Crippen LogP contribution in [0.4, 0.5) is 0 Å². The fourth-order valence-electron chi connectivity index (χ4n) is 2.16. The van der Waals surface area contributed by atoms with Crippen LogP contribution in [0.1, 0.15) is 16.1 Å². The van der Waals surface area contributed by atoms with Gasteiger partial charge in [0.25, 0.3) is 5.91 Å². The average molecular weight is 266 g/mol. The van der Waals surface area contributed by atoms with Gasteiger partial charge in [-0.25, -0.2) is 0 Å². The number of rotatable bonds is 3. The van der Waals surface area contributed by atoms with Crippen LogP contribution >= 0.6 is 0 Å². The molecule has 0 aliphatic carbocycles. The molecule has 0 unspecified atom stereocenters. The molecular weight excluding hydrogens is 252 g/mol. The number of H-pyrrole nitrogens is 1. The molecular formula is C15H14N4O. The number of fused-ring (bicyclic) bond motifs is 1. The smallest absolute Gasteiger partial charge is 0.256 e. The number of amides is 1. The molecule has 0 atom stereocenters. The Morgan fingerprint density at radius 1 is 1.25 bits per heavy atom. The number of pyridine rings is 1. The Balaban J connectivity index is 1.87. The summed E-state index contributed by atoms with van der Waals surface area (Å²) in [5.41, 5.74) is 2.25. The molecule has 20 heavy (non-hydrogen) atoms. The van der Waals surface area contributed by atoms with Crippen LogP contribution in [0, 0.1) is 0 Å². The third-order valence-electron chi connectivity index (χ3n) is 3.18. The second kappa shape index (κ2) is 5.13. The Kier molecular flexibility index (Phi) is 3.16. The van der Waals surface area contributed by atoms with Gasteiger partial charge in [0.2, 0.25) is 0 Å². The fraction of sp³-hybridized carbons (Fsp3) is 0.133. The Morgan fingerprint density at radius 3 is 2.95 bits per heavy atom. The number of hydrogen-bond donors (Lipinski definition) is 1. The van der Waals surface area contributed by atoms with Crippen molar-refractivity contribution in [2.24, 2.45) is 0 Å². The molecule has 0 saturated carbocycles. The van der Waals surface area contributed by atoms with E-state index in [4.69, 9.17) is 0 Å². The van der Waals surface area contributed by atoms with Gasteiger partial charge in [0, 0.05) is 18.6 Å². The van der Waals surface area contributed by atoms with Gasteiger partial charge in [-0.15, -0.1) is 0 Å². The lowest BCUT2D eigenvalue weighted by Gasteiger charge is -2.17. The highest BCUT2D eigenvalue weighted by Crippen LogP contribution is 2.17. The number of para-hydroxylation sites is 1. The summed E-state index contributed by atoms with van der Waals surface area (Å²) < 4.78 is 0. The molecule has 0 radical (unpaired) electrons. The molecule has 2 heterocycles. The van der Waals surface area contributed by atoms with E-state index in [2.05, 4.69) is 15.2 Å². The number of carbonyl (C=O) groups is 1. The predicted octanol–water partition coefficient (Wildman–Crippen LogP) is 2.23. The van der Waals surface area contributed by atoms with E-state index in [0.29, 0.717) is 12.1 Å². The van der Waals surface area contributed by atoms with E-state index >= 15 is 0 Å². The maximum Gasteiger partial charge on any atom is 0.256 e. The summed E-state index contributed by atoms with van der Waals surface area (Å²) >= 11 is 0. The number of hydrogen-bond acceptors (Lipinski definition) is 3. The number of benzene rings is 1. The molecule has 0 bridgehead atoms. The van der Waals surface area contributed by atoms with Crippen molar-refractivity contribution in [3.63, 3.8) is 0 Å². The molecule has 5 heteroatoms. The number of aromatic nitrogens is 3. The Morgan fingerprint density at radius 2 is 2.15 bits per heavy atom. The minimum atomic E-state index is -0.0505. The first kappa shape index (κ1) is 12.3. The zero-order valence-electron chi connectivity index (χ0n) is 11.1. The molecule has 0 saturated heterocycles. The van der Waals surface area contributed by atoms with Crippen molar-refractivity contribution >= 4 is 16.8 Å². The molecule has 0 aliphatic rings. The van der Waals surface area contributed by atoms with Gasteiger partial charge in [-0.2, -0.15) is 5.10 Å². The largest absolute Gasteiger partial charge is 0.336 e. The van der Waals surface area contributed by atoms with Gasteiger partial charge in [-0.1, -0.05) is 18.2 Å². The summed E-state index contributed by atoms with van der Waals surface area (Å²) in [5.74, 6) is -0.0505. The lowest BCUT2D eigenvalue weighted by Crippen LogP contribution is -2.26. The molecule has 0 spiro atoms. The lowest BCUT2D eigenvalue weighted by molar-refractivity contribution is 0.0785. The molecule has 1 N–H and O–H groups in total. The first-order chi connectivity index (χ1) is 9.75. The molecule has 2 aromatic heterocycles. The van der Waals surface area contributed by atoms with E-state index in [-0.39, 0.29) is 5.91 Å². The van der Waals surface area contributed by atoms with Crippen LogP contribution in [0.5, 0.6) is 0 Å². The third-order valence-corrected chi connectivity index (χ3v) is 3.18. The second-order valence-electron chi connectivity index (χ2n) is 4.62. The normalized spacial score (nSPS) is 10.7. The Bertz CT molecular complexity index is 736. The number of nitrogens with zero attached hydrogens (tertiary/aromatic N) is 3. The summed E-state index contributed by atoms with van der Waals surface area (Å²) in [6.07, 6.45) is 3.44. The van der Waals surface area contributed by atoms with Crippen molar-refractivity contribution in [1.29, 1.82) is 0 Å². The van der Waals surface area contributed by atoms with Crippen LogP contribution in [0.25, 0.3) is 10.9 Å². The van der Waals surface area contributed by atoms with Crippen LogP contribution in [0.15, 0.2) is 48.8 Å². The Labute approximate surface area is 116 Å². The van der Waals surface area contributed by atoms with E-state index in [1.165, 1.54) is 0 Å². The minimum absolute atomic E-state index is 0.0505. The van der Waals surface area contributed by atoms with Crippen molar-refractivity contribution in [1.82, 2.24) is 20.1 Å². The first-order valence-electron chi connectivity index (χ1n) is 6.33. The van der Waals surface area contributed by atoms with Crippen LogP contribution in [-0.4, -0.2) is 33.0 Å². The second-order valence-corrected chi connectivity index (χ2v) is 4.62. The average Bonchev–Trinajstić information content (AvgIpc) is 2.96. The molecule has 0 fully saturated rings. The zero-order chi connectivity index (χ0) is 13.9. The molecule has 1 amide bonds. The maximum atomic E-state index is 12.5. The number of carbonyl (C=O) groups excluding carboxylic acids is 1. The zero-order valence-corrected chi connectivity index (χ0v) is 11.1. The SMILES string of the molecule is CN(Cc1ccccn1)C(=O)c1cccc2cn[nH]c12. The summed E-state index contributed by atoms with van der Waals surface area (Å²) in [6, 6.07) is 11.3. The topological polar surface area (TPSA) is 61.9 Å². The highest BCUT2D eigenvalue weighted by molar-refractivity contribution is 6.05. The van der Waals surface area contributed by atoms with Gasteiger partial charge in [0.1, 0.15) is 0 Å².